The minimum Gasteiger partial charge on any atom is -0.462 e. The Morgan fingerprint density at radius 2 is 2.00 bits per heavy atom. The highest BCUT2D eigenvalue weighted by Gasteiger charge is 2.44. The number of nitrogens with two attached hydrogens (primary N) is 1. The van der Waals surface area contributed by atoms with E-state index in [2.05, 4.69) is 46.0 Å². The van der Waals surface area contributed by atoms with Gasteiger partial charge in [0.15, 0.2) is 11.9 Å². The van der Waals surface area contributed by atoms with Crippen LogP contribution in [0.4, 0.5) is 0 Å². The van der Waals surface area contributed by atoms with E-state index in [0.29, 0.717) is 38.0 Å². The fourth-order valence-electron chi connectivity index (χ4n) is 6.47. The lowest BCUT2D eigenvalue weighted by Crippen LogP contribution is -2.46. The predicted octanol–water partition coefficient (Wildman–Crippen LogP) is 1.76. The number of likely N-dealkylation sites (tertiary alicyclic amines) is 1. The standard InChI is InChI=1S/C29H43N7O4/c1-19-18-38-11-9-35(19)24-13-21(12-22(14-24)29(37)6-10-39-20(29)2)26-16-31-27(30)28(33-26)40-25-15-32-36(17-25)23-4-7-34(3)8-5-23/h12,14-17,19-21,23,27-28,37H,4-11,13,18,30H2,1-3H3/t19-,20+,21?,27?,28?,29+/m1/s1. The molecule has 1 aromatic rings. The molecule has 6 rings (SSSR count). The van der Waals surface area contributed by atoms with Gasteiger partial charge in [-0.25, -0.2) is 4.99 Å². The Morgan fingerprint density at radius 3 is 2.75 bits per heavy atom. The van der Waals surface area contributed by atoms with Crippen molar-refractivity contribution in [3.63, 3.8) is 0 Å². The van der Waals surface area contributed by atoms with Gasteiger partial charge in [-0.3, -0.25) is 9.67 Å². The van der Waals surface area contributed by atoms with Crippen molar-refractivity contribution in [2.75, 3.05) is 46.5 Å². The zero-order valence-corrected chi connectivity index (χ0v) is 23.9. The fourth-order valence-corrected chi connectivity index (χ4v) is 6.47. The topological polar surface area (TPSA) is 123 Å². The van der Waals surface area contributed by atoms with Crippen LogP contribution in [-0.2, 0) is 9.47 Å². The summed E-state index contributed by atoms with van der Waals surface area (Å²) in [7, 11) is 2.15. The molecule has 40 heavy (non-hydrogen) atoms. The Hall–Kier alpha value is -2.57. The molecule has 3 unspecified atom stereocenters. The summed E-state index contributed by atoms with van der Waals surface area (Å²) in [5, 5.41) is 16.3. The largest absolute Gasteiger partial charge is 0.462 e. The summed E-state index contributed by atoms with van der Waals surface area (Å²) >= 11 is 0. The maximum atomic E-state index is 11.7. The van der Waals surface area contributed by atoms with Crippen molar-refractivity contribution in [2.45, 2.75) is 75.7 Å². The van der Waals surface area contributed by atoms with Gasteiger partial charge in [-0.15, -0.1) is 0 Å². The molecule has 11 nitrogen and oxygen atoms in total. The summed E-state index contributed by atoms with van der Waals surface area (Å²) in [5.74, 6) is 0.569. The molecule has 1 aliphatic carbocycles. The molecule has 3 saturated heterocycles. The molecule has 0 amide bonds. The van der Waals surface area contributed by atoms with Crippen LogP contribution in [0.25, 0.3) is 0 Å². The Kier molecular flexibility index (Phi) is 7.84. The number of hydrogen-bond acceptors (Lipinski definition) is 10. The summed E-state index contributed by atoms with van der Waals surface area (Å²) in [6, 6.07) is 0.622. The Bertz CT molecular complexity index is 1190. The third-order valence-corrected chi connectivity index (χ3v) is 9.12. The highest BCUT2D eigenvalue weighted by Crippen LogP contribution is 2.39. The average Bonchev–Trinajstić information content (AvgIpc) is 3.57. The molecule has 0 spiro atoms. The maximum absolute atomic E-state index is 11.7. The van der Waals surface area contributed by atoms with Crippen molar-refractivity contribution in [1.82, 2.24) is 19.6 Å². The molecule has 5 aliphatic rings. The molecular weight excluding hydrogens is 510 g/mol. The number of rotatable bonds is 6. The van der Waals surface area contributed by atoms with Crippen LogP contribution in [0.5, 0.6) is 5.75 Å². The molecule has 5 heterocycles. The van der Waals surface area contributed by atoms with Gasteiger partial charge >= 0.3 is 0 Å². The number of aliphatic hydroxyl groups is 1. The number of piperidine rings is 1. The molecule has 0 aromatic carbocycles. The van der Waals surface area contributed by atoms with Crippen LogP contribution in [0, 0.1) is 5.92 Å². The van der Waals surface area contributed by atoms with Gasteiger partial charge in [0.25, 0.3) is 0 Å². The monoisotopic (exact) mass is 553 g/mol. The van der Waals surface area contributed by atoms with Gasteiger partial charge in [0.1, 0.15) is 5.60 Å². The van der Waals surface area contributed by atoms with Crippen molar-refractivity contribution >= 4 is 11.9 Å². The Labute approximate surface area is 236 Å². The van der Waals surface area contributed by atoms with Crippen molar-refractivity contribution < 1.29 is 19.3 Å². The lowest BCUT2D eigenvalue weighted by molar-refractivity contribution is -0.000828. The number of morpholine rings is 1. The van der Waals surface area contributed by atoms with Crippen LogP contribution in [0.1, 0.15) is 45.6 Å². The smallest absolute Gasteiger partial charge is 0.225 e. The molecule has 0 radical (unpaired) electrons. The third kappa shape index (κ3) is 5.49. The number of hydrogen-bond donors (Lipinski definition) is 2. The first-order valence-electron chi connectivity index (χ1n) is 14.7. The van der Waals surface area contributed by atoms with Crippen molar-refractivity contribution in [3.8, 4) is 5.75 Å². The molecule has 3 fully saturated rings. The van der Waals surface area contributed by atoms with E-state index in [0.717, 1.165) is 50.2 Å². The second kappa shape index (κ2) is 11.4. The molecule has 6 atom stereocenters. The number of allylic oxidation sites excluding steroid dienone is 2. The van der Waals surface area contributed by atoms with Gasteiger partial charge in [-0.2, -0.15) is 5.10 Å². The van der Waals surface area contributed by atoms with Crippen LogP contribution >= 0.6 is 0 Å². The van der Waals surface area contributed by atoms with Crippen LogP contribution in [0.3, 0.4) is 0 Å². The second-order valence-electron chi connectivity index (χ2n) is 11.9. The summed E-state index contributed by atoms with van der Waals surface area (Å²) in [4.78, 5) is 14.3. The molecule has 11 heteroatoms. The third-order valence-electron chi connectivity index (χ3n) is 9.12. The molecule has 1 aromatic heterocycles. The minimum absolute atomic E-state index is 0.0776. The van der Waals surface area contributed by atoms with Gasteiger partial charge in [-0.1, -0.05) is 6.08 Å². The number of aromatic nitrogens is 2. The lowest BCUT2D eigenvalue weighted by Gasteiger charge is -2.41. The average molecular weight is 554 g/mol. The van der Waals surface area contributed by atoms with Gasteiger partial charge in [0.05, 0.1) is 50.1 Å². The Morgan fingerprint density at radius 1 is 1.18 bits per heavy atom. The van der Waals surface area contributed by atoms with Crippen LogP contribution < -0.4 is 10.5 Å². The first-order chi connectivity index (χ1) is 19.3. The van der Waals surface area contributed by atoms with E-state index in [9.17, 15) is 5.11 Å². The van der Waals surface area contributed by atoms with E-state index in [4.69, 9.17) is 24.9 Å². The fraction of sp³-hybridized carbons (Fsp3) is 0.690. The Balaban J connectivity index is 1.24. The zero-order chi connectivity index (χ0) is 27.9. The summed E-state index contributed by atoms with van der Waals surface area (Å²) in [6.45, 7) is 8.97. The van der Waals surface area contributed by atoms with E-state index >= 15 is 0 Å². The normalized spacial score (nSPS) is 35.9. The van der Waals surface area contributed by atoms with Crippen LogP contribution in [-0.4, -0.2) is 113 Å². The molecule has 0 saturated carbocycles. The molecule has 0 bridgehead atoms. The predicted molar refractivity (Wildman–Crippen MR) is 153 cm³/mol. The van der Waals surface area contributed by atoms with Crippen LogP contribution in [0.2, 0.25) is 0 Å². The van der Waals surface area contributed by atoms with Gasteiger partial charge in [0.2, 0.25) is 6.23 Å². The number of nitrogens with zero attached hydrogens (tertiary/aromatic N) is 6. The van der Waals surface area contributed by atoms with E-state index in [1.807, 2.05) is 17.8 Å². The first-order valence-corrected chi connectivity index (χ1v) is 14.7. The van der Waals surface area contributed by atoms with E-state index in [1.54, 1.807) is 12.4 Å². The summed E-state index contributed by atoms with van der Waals surface area (Å²) in [5.41, 5.74) is 8.16. The lowest BCUT2D eigenvalue weighted by atomic mass is 9.79. The van der Waals surface area contributed by atoms with Gasteiger partial charge in [0, 0.05) is 36.8 Å². The molecular formula is C29H43N7O4. The maximum Gasteiger partial charge on any atom is 0.225 e. The number of ether oxygens (including phenoxy) is 3. The van der Waals surface area contributed by atoms with Gasteiger partial charge in [-0.05, 0) is 64.9 Å². The SMILES string of the molecule is C[C@@H]1COCCN1C1=CC([C@]2(O)CCO[C@H]2C)=CC(C2=NC(Oc3cnn(C4CCN(C)CC4)c3)C(N)N=C2)C1. The molecule has 4 aliphatic heterocycles. The summed E-state index contributed by atoms with van der Waals surface area (Å²) < 4.78 is 19.8. The van der Waals surface area contributed by atoms with E-state index in [1.165, 1.54) is 5.70 Å². The highest BCUT2D eigenvalue weighted by molar-refractivity contribution is 6.32. The first kappa shape index (κ1) is 27.6. The summed E-state index contributed by atoms with van der Waals surface area (Å²) in [6.07, 6.45) is 11.7. The zero-order valence-electron chi connectivity index (χ0n) is 23.9. The van der Waals surface area contributed by atoms with Crippen molar-refractivity contribution in [3.05, 3.63) is 35.8 Å². The molecule has 218 valence electrons. The van der Waals surface area contributed by atoms with Gasteiger partial charge < -0.3 is 34.9 Å². The minimum atomic E-state index is -1.04. The van der Waals surface area contributed by atoms with Crippen molar-refractivity contribution in [1.29, 1.82) is 0 Å². The molecule has 3 N–H and O–H groups in total. The quantitative estimate of drug-likeness (QED) is 0.546. The van der Waals surface area contributed by atoms with Crippen LogP contribution in [0.15, 0.2) is 45.8 Å². The van der Waals surface area contributed by atoms with E-state index in [-0.39, 0.29) is 18.1 Å². The second-order valence-corrected chi connectivity index (χ2v) is 11.9. The highest BCUT2D eigenvalue weighted by atomic mass is 16.5. The number of aliphatic imine (C=N–C) groups is 2. The van der Waals surface area contributed by atoms with Crippen molar-refractivity contribution in [2.24, 2.45) is 21.6 Å². The van der Waals surface area contributed by atoms with E-state index < -0.39 is 18.0 Å².